The number of carbonyl (C=O) groups is 3. The molecule has 0 unspecified atom stereocenters. The molecule has 1 N–H and O–H groups in total. The van der Waals surface area contributed by atoms with Gasteiger partial charge in [0.15, 0.2) is 5.65 Å². The van der Waals surface area contributed by atoms with E-state index >= 15 is 0 Å². The van der Waals surface area contributed by atoms with Crippen molar-refractivity contribution in [1.29, 1.82) is 0 Å². The summed E-state index contributed by atoms with van der Waals surface area (Å²) in [6.45, 7) is 5.62. The number of amides is 1. The van der Waals surface area contributed by atoms with Gasteiger partial charge in [-0.3, -0.25) is 4.79 Å². The number of aromatic nitrogens is 3. The summed E-state index contributed by atoms with van der Waals surface area (Å²) >= 11 is 0.972. The van der Waals surface area contributed by atoms with E-state index in [4.69, 9.17) is 9.47 Å². The van der Waals surface area contributed by atoms with Crippen molar-refractivity contribution < 1.29 is 23.9 Å². The Balaban J connectivity index is 1.98. The lowest BCUT2D eigenvalue weighted by atomic mass is 10.1. The minimum Gasteiger partial charge on any atom is -0.462 e. The molecule has 9 nitrogen and oxygen atoms in total. The Labute approximate surface area is 170 Å². The predicted octanol–water partition coefficient (Wildman–Crippen LogP) is 3.10. The molecule has 0 bridgehead atoms. The molecule has 10 heteroatoms. The predicted molar refractivity (Wildman–Crippen MR) is 107 cm³/mol. The third kappa shape index (κ3) is 4.11. The highest BCUT2D eigenvalue weighted by molar-refractivity contribution is 7.18. The topological polar surface area (TPSA) is 112 Å². The lowest BCUT2D eigenvalue weighted by molar-refractivity contribution is 0.0506. The molecule has 3 aromatic rings. The van der Waals surface area contributed by atoms with E-state index in [9.17, 15) is 14.4 Å². The van der Waals surface area contributed by atoms with Gasteiger partial charge in [0, 0.05) is 12.4 Å². The van der Waals surface area contributed by atoms with Gasteiger partial charge in [-0.05, 0) is 31.9 Å². The third-order valence-corrected chi connectivity index (χ3v) is 5.19. The normalized spacial score (nSPS) is 10.7. The maximum atomic E-state index is 12.8. The molecule has 0 aliphatic heterocycles. The van der Waals surface area contributed by atoms with Crippen molar-refractivity contribution in [3.8, 4) is 0 Å². The summed E-state index contributed by atoms with van der Waals surface area (Å²) in [6, 6.07) is 1.69. The van der Waals surface area contributed by atoms with Crippen LogP contribution in [0.15, 0.2) is 24.7 Å². The van der Waals surface area contributed by atoms with Gasteiger partial charge >= 0.3 is 11.9 Å². The van der Waals surface area contributed by atoms with Crippen LogP contribution in [-0.4, -0.2) is 45.7 Å². The summed E-state index contributed by atoms with van der Waals surface area (Å²) in [4.78, 5) is 42.1. The molecule has 0 fully saturated rings. The average molecular weight is 416 g/mol. The number of anilines is 1. The van der Waals surface area contributed by atoms with E-state index in [1.54, 1.807) is 32.3 Å². The van der Waals surface area contributed by atoms with Gasteiger partial charge in [0.05, 0.1) is 25.0 Å². The molecular formula is C19H20N4O5S. The van der Waals surface area contributed by atoms with Gasteiger partial charge in [-0.15, -0.1) is 11.3 Å². The average Bonchev–Trinajstić information content (AvgIpc) is 3.27. The summed E-state index contributed by atoms with van der Waals surface area (Å²) in [5.41, 5.74) is 1.16. The molecule has 0 atom stereocenters. The van der Waals surface area contributed by atoms with E-state index in [0.717, 1.165) is 11.3 Å². The maximum absolute atomic E-state index is 12.8. The Morgan fingerprint density at radius 3 is 2.72 bits per heavy atom. The van der Waals surface area contributed by atoms with Crippen molar-refractivity contribution in [2.75, 3.05) is 18.5 Å². The lowest BCUT2D eigenvalue weighted by Gasteiger charge is -2.07. The van der Waals surface area contributed by atoms with E-state index in [1.807, 2.05) is 6.92 Å². The number of esters is 2. The Morgan fingerprint density at radius 2 is 2.00 bits per heavy atom. The number of hydrogen-bond acceptors (Lipinski definition) is 8. The molecule has 152 valence electrons. The molecular weight excluding hydrogens is 396 g/mol. The van der Waals surface area contributed by atoms with Crippen LogP contribution in [0.4, 0.5) is 5.00 Å². The van der Waals surface area contributed by atoms with E-state index in [1.165, 1.54) is 10.7 Å². The molecule has 1 amide bonds. The summed E-state index contributed by atoms with van der Waals surface area (Å²) in [6.07, 6.45) is 5.26. The zero-order valence-corrected chi connectivity index (χ0v) is 17.0. The molecule has 0 aliphatic rings. The molecule has 3 aromatic heterocycles. The molecule has 3 heterocycles. The van der Waals surface area contributed by atoms with Gasteiger partial charge < -0.3 is 14.8 Å². The van der Waals surface area contributed by atoms with Crippen LogP contribution in [0.2, 0.25) is 0 Å². The Hall–Kier alpha value is -3.27. The van der Waals surface area contributed by atoms with Crippen LogP contribution in [0.1, 0.15) is 56.2 Å². The Bertz CT molecular complexity index is 1070. The fraction of sp³-hybridized carbons (Fsp3) is 0.316. The van der Waals surface area contributed by atoms with Gasteiger partial charge in [-0.1, -0.05) is 6.92 Å². The number of fused-ring (bicyclic) bond motifs is 1. The second-order valence-corrected chi connectivity index (χ2v) is 7.04. The highest BCUT2D eigenvalue weighted by Crippen LogP contribution is 2.34. The van der Waals surface area contributed by atoms with E-state index < -0.39 is 17.8 Å². The largest absolute Gasteiger partial charge is 0.462 e. The second kappa shape index (κ2) is 8.82. The van der Waals surface area contributed by atoms with Gasteiger partial charge in [-0.25, -0.2) is 19.1 Å². The van der Waals surface area contributed by atoms with Crippen molar-refractivity contribution in [3.05, 3.63) is 46.2 Å². The fourth-order valence-electron chi connectivity index (χ4n) is 2.66. The highest BCUT2D eigenvalue weighted by Gasteiger charge is 2.28. The van der Waals surface area contributed by atoms with Crippen molar-refractivity contribution in [2.24, 2.45) is 0 Å². The summed E-state index contributed by atoms with van der Waals surface area (Å²) in [5, 5.41) is 7.00. The standard InChI is InChI=1S/C19H20N4O5S/c1-4-9-28-18(25)13-11(3)14(19(26)27-5-2)29-17(13)22-16(24)12-10-21-23-8-6-7-20-15(12)23/h6-8,10H,4-5,9H2,1-3H3,(H,22,24). The Morgan fingerprint density at radius 1 is 1.21 bits per heavy atom. The Kier molecular flexibility index (Phi) is 6.23. The van der Waals surface area contributed by atoms with Crippen LogP contribution in [0.25, 0.3) is 5.65 Å². The molecule has 0 aliphatic carbocycles. The number of nitrogens with zero attached hydrogens (tertiary/aromatic N) is 3. The first-order valence-corrected chi connectivity index (χ1v) is 9.86. The summed E-state index contributed by atoms with van der Waals surface area (Å²) in [5.74, 6) is -1.66. The number of rotatable bonds is 7. The number of hydrogen-bond donors (Lipinski definition) is 1. The zero-order chi connectivity index (χ0) is 21.0. The van der Waals surface area contributed by atoms with Crippen molar-refractivity contribution in [3.63, 3.8) is 0 Å². The van der Waals surface area contributed by atoms with Gasteiger partial charge in [0.1, 0.15) is 15.4 Å². The van der Waals surface area contributed by atoms with Gasteiger partial charge in [-0.2, -0.15) is 5.10 Å². The van der Waals surface area contributed by atoms with Crippen LogP contribution in [0.5, 0.6) is 0 Å². The smallest absolute Gasteiger partial charge is 0.348 e. The lowest BCUT2D eigenvalue weighted by Crippen LogP contribution is -2.15. The van der Waals surface area contributed by atoms with Crippen LogP contribution < -0.4 is 5.32 Å². The fourth-order valence-corrected chi connectivity index (χ4v) is 3.75. The van der Waals surface area contributed by atoms with Crippen molar-refractivity contribution in [2.45, 2.75) is 27.2 Å². The number of ether oxygens (including phenoxy) is 2. The zero-order valence-electron chi connectivity index (χ0n) is 16.2. The summed E-state index contributed by atoms with van der Waals surface area (Å²) < 4.78 is 11.8. The number of carbonyl (C=O) groups excluding carboxylic acids is 3. The SMILES string of the molecule is CCCOC(=O)c1c(NC(=O)c2cnn3cccnc23)sc(C(=O)OCC)c1C. The minimum atomic E-state index is -0.607. The molecule has 0 spiro atoms. The molecule has 3 rings (SSSR count). The van der Waals surface area contributed by atoms with E-state index in [2.05, 4.69) is 15.4 Å². The van der Waals surface area contributed by atoms with Crippen molar-refractivity contribution in [1.82, 2.24) is 14.6 Å². The quantitative estimate of drug-likeness (QED) is 0.589. The first-order chi connectivity index (χ1) is 14.0. The van der Waals surface area contributed by atoms with Crippen LogP contribution in [0, 0.1) is 6.92 Å². The van der Waals surface area contributed by atoms with Crippen molar-refractivity contribution >= 4 is 39.8 Å². The second-order valence-electron chi connectivity index (χ2n) is 6.02. The van der Waals surface area contributed by atoms with E-state index in [0.29, 0.717) is 17.6 Å². The molecule has 0 saturated carbocycles. The molecule has 0 saturated heterocycles. The van der Waals surface area contributed by atoms with Crippen LogP contribution in [-0.2, 0) is 9.47 Å². The molecule has 0 radical (unpaired) electrons. The number of thiophene rings is 1. The number of nitrogens with one attached hydrogen (secondary N) is 1. The third-order valence-electron chi connectivity index (χ3n) is 4.00. The monoisotopic (exact) mass is 416 g/mol. The van der Waals surface area contributed by atoms with Crippen LogP contribution in [0.3, 0.4) is 0 Å². The first-order valence-electron chi connectivity index (χ1n) is 9.05. The summed E-state index contributed by atoms with van der Waals surface area (Å²) in [7, 11) is 0. The first kappa shape index (κ1) is 20.5. The van der Waals surface area contributed by atoms with Gasteiger partial charge in [0.2, 0.25) is 0 Å². The molecule has 29 heavy (non-hydrogen) atoms. The maximum Gasteiger partial charge on any atom is 0.348 e. The van der Waals surface area contributed by atoms with Gasteiger partial charge in [0.25, 0.3) is 5.91 Å². The van der Waals surface area contributed by atoms with E-state index in [-0.39, 0.29) is 34.2 Å². The minimum absolute atomic E-state index is 0.143. The molecule has 0 aromatic carbocycles. The van der Waals surface area contributed by atoms with Crippen LogP contribution >= 0.6 is 11.3 Å². The highest BCUT2D eigenvalue weighted by atomic mass is 32.1.